The highest BCUT2D eigenvalue weighted by Crippen LogP contribution is 2.43. The van der Waals surface area contributed by atoms with Crippen LogP contribution in [0.2, 0.25) is 0 Å². The smallest absolute Gasteiger partial charge is 0.313 e. The summed E-state index contributed by atoms with van der Waals surface area (Å²) in [6.07, 6.45) is 3.18. The van der Waals surface area contributed by atoms with Crippen molar-refractivity contribution in [1.82, 2.24) is 9.88 Å². The fourth-order valence-electron chi connectivity index (χ4n) is 4.71. The average molecular weight is 412 g/mol. The fraction of sp³-hybridized carbons (Fsp3) is 0.522. The second-order valence-corrected chi connectivity index (χ2v) is 8.33. The van der Waals surface area contributed by atoms with Crippen molar-refractivity contribution in [2.75, 3.05) is 32.9 Å². The highest BCUT2D eigenvalue weighted by molar-refractivity contribution is 6.10. The molecule has 1 aromatic carbocycles. The number of aromatic amines is 1. The number of carbonyl (C=O) groups excluding carboxylic acids is 3. The van der Waals surface area contributed by atoms with E-state index in [1.807, 2.05) is 31.2 Å². The number of ether oxygens (including phenoxy) is 2. The van der Waals surface area contributed by atoms with E-state index in [1.54, 1.807) is 4.90 Å². The molecule has 7 heteroatoms. The van der Waals surface area contributed by atoms with E-state index in [1.165, 1.54) is 0 Å². The molecule has 2 aromatic rings. The number of nitrogens with one attached hydrogen (secondary N) is 1. The van der Waals surface area contributed by atoms with Crippen LogP contribution in [0.1, 0.15) is 48.2 Å². The lowest BCUT2D eigenvalue weighted by Gasteiger charge is -2.31. The minimum atomic E-state index is -0.815. The number of morpholine rings is 1. The molecule has 2 aliphatic rings. The first-order valence-electron chi connectivity index (χ1n) is 10.6. The predicted octanol–water partition coefficient (Wildman–Crippen LogP) is 3.01. The number of para-hydroxylation sites is 1. The number of hydrogen-bond donors (Lipinski definition) is 1. The zero-order valence-corrected chi connectivity index (χ0v) is 17.4. The second-order valence-electron chi connectivity index (χ2n) is 8.33. The SMILES string of the molecule is Cc1[nH]c2ccccc2c1C(=O)COC(=O)C1(CC(=O)N2CCOCC2)CCCC1. The summed E-state index contributed by atoms with van der Waals surface area (Å²) in [5.41, 5.74) is 1.39. The standard InChI is InChI=1S/C23H28N2O5/c1-16-21(17-6-2-3-7-18(17)24-16)19(26)15-30-22(28)23(8-4-5-9-23)14-20(27)25-10-12-29-13-11-25/h2-3,6-7,24H,4-5,8-15H2,1H3. The molecule has 1 saturated heterocycles. The van der Waals surface area contributed by atoms with Crippen molar-refractivity contribution in [2.24, 2.45) is 5.41 Å². The van der Waals surface area contributed by atoms with Crippen LogP contribution in [0.3, 0.4) is 0 Å². The number of Topliss-reactive ketones (excluding diaryl/α,β-unsaturated/α-hetero) is 1. The topological polar surface area (TPSA) is 88.7 Å². The van der Waals surface area contributed by atoms with E-state index in [-0.39, 0.29) is 24.7 Å². The minimum absolute atomic E-state index is 0.0315. The Balaban J connectivity index is 1.43. The van der Waals surface area contributed by atoms with Gasteiger partial charge in [0.25, 0.3) is 0 Å². The van der Waals surface area contributed by atoms with Crippen LogP contribution in [0.15, 0.2) is 24.3 Å². The van der Waals surface area contributed by atoms with Crippen molar-refractivity contribution in [3.63, 3.8) is 0 Å². The van der Waals surface area contributed by atoms with E-state index in [9.17, 15) is 14.4 Å². The maximum atomic E-state index is 13.0. The highest BCUT2D eigenvalue weighted by atomic mass is 16.5. The molecule has 1 aliphatic carbocycles. The molecular formula is C23H28N2O5. The average Bonchev–Trinajstić information content (AvgIpc) is 3.36. The maximum absolute atomic E-state index is 13.0. The first-order valence-corrected chi connectivity index (χ1v) is 10.6. The number of H-pyrrole nitrogens is 1. The second kappa shape index (κ2) is 8.60. The molecule has 0 radical (unpaired) electrons. The van der Waals surface area contributed by atoms with E-state index >= 15 is 0 Å². The molecule has 0 atom stereocenters. The van der Waals surface area contributed by atoms with Crippen LogP contribution in [0, 0.1) is 12.3 Å². The third-order valence-corrected chi connectivity index (χ3v) is 6.35. The molecule has 1 aliphatic heterocycles. The van der Waals surface area contributed by atoms with Crippen molar-refractivity contribution < 1.29 is 23.9 Å². The lowest BCUT2D eigenvalue weighted by Crippen LogP contribution is -2.44. The van der Waals surface area contributed by atoms with Crippen molar-refractivity contribution in [3.8, 4) is 0 Å². The third kappa shape index (κ3) is 3.99. The predicted molar refractivity (Wildman–Crippen MR) is 111 cm³/mol. The fourth-order valence-corrected chi connectivity index (χ4v) is 4.71. The summed E-state index contributed by atoms with van der Waals surface area (Å²) < 4.78 is 10.8. The van der Waals surface area contributed by atoms with E-state index in [2.05, 4.69) is 4.98 Å². The summed E-state index contributed by atoms with van der Waals surface area (Å²) in [5.74, 6) is -0.686. The number of carbonyl (C=O) groups is 3. The summed E-state index contributed by atoms with van der Waals surface area (Å²) in [4.78, 5) is 43.6. The first-order chi connectivity index (χ1) is 14.5. The molecule has 1 N–H and O–H groups in total. The van der Waals surface area contributed by atoms with Crippen molar-refractivity contribution >= 4 is 28.6 Å². The number of aryl methyl sites for hydroxylation is 1. The van der Waals surface area contributed by atoms with E-state index in [0.29, 0.717) is 44.7 Å². The Hall–Kier alpha value is -2.67. The molecule has 1 aromatic heterocycles. The van der Waals surface area contributed by atoms with Gasteiger partial charge in [-0.1, -0.05) is 31.0 Å². The van der Waals surface area contributed by atoms with Gasteiger partial charge in [0.2, 0.25) is 11.7 Å². The number of rotatable bonds is 6. The van der Waals surface area contributed by atoms with E-state index in [0.717, 1.165) is 29.4 Å². The Morgan fingerprint density at radius 3 is 2.57 bits per heavy atom. The van der Waals surface area contributed by atoms with Crippen LogP contribution in [0.25, 0.3) is 10.9 Å². The van der Waals surface area contributed by atoms with Gasteiger partial charge < -0.3 is 19.4 Å². The van der Waals surface area contributed by atoms with Crippen LogP contribution in [0.4, 0.5) is 0 Å². The molecule has 7 nitrogen and oxygen atoms in total. The molecule has 0 spiro atoms. The van der Waals surface area contributed by atoms with Gasteiger partial charge in [-0.05, 0) is 25.8 Å². The van der Waals surface area contributed by atoms with Gasteiger partial charge in [0, 0.05) is 41.7 Å². The molecule has 160 valence electrons. The van der Waals surface area contributed by atoms with E-state index in [4.69, 9.17) is 9.47 Å². The highest BCUT2D eigenvalue weighted by Gasteiger charge is 2.45. The Bertz CT molecular complexity index is 952. The number of benzene rings is 1. The Morgan fingerprint density at radius 2 is 1.83 bits per heavy atom. The molecule has 2 heterocycles. The van der Waals surface area contributed by atoms with Gasteiger partial charge >= 0.3 is 5.97 Å². The molecule has 1 amide bonds. The van der Waals surface area contributed by atoms with Gasteiger partial charge in [0.1, 0.15) is 0 Å². The van der Waals surface area contributed by atoms with Gasteiger partial charge in [-0.3, -0.25) is 14.4 Å². The molecule has 0 bridgehead atoms. The van der Waals surface area contributed by atoms with Gasteiger partial charge in [0.05, 0.1) is 18.6 Å². The van der Waals surface area contributed by atoms with Gasteiger partial charge in [-0.15, -0.1) is 0 Å². The Morgan fingerprint density at radius 1 is 1.13 bits per heavy atom. The number of nitrogens with zero attached hydrogens (tertiary/aromatic N) is 1. The quantitative estimate of drug-likeness (QED) is 0.582. The largest absolute Gasteiger partial charge is 0.457 e. The molecule has 1 saturated carbocycles. The summed E-state index contributed by atoms with van der Waals surface area (Å²) in [7, 11) is 0. The maximum Gasteiger partial charge on any atom is 0.313 e. The van der Waals surface area contributed by atoms with Crippen molar-refractivity contribution in [3.05, 3.63) is 35.5 Å². The summed E-state index contributed by atoms with van der Waals surface area (Å²) in [5, 5.41) is 0.828. The molecule has 4 rings (SSSR count). The summed E-state index contributed by atoms with van der Waals surface area (Å²) >= 11 is 0. The number of hydrogen-bond acceptors (Lipinski definition) is 5. The van der Waals surface area contributed by atoms with Crippen LogP contribution in [-0.2, 0) is 19.1 Å². The van der Waals surface area contributed by atoms with Crippen molar-refractivity contribution in [1.29, 1.82) is 0 Å². The number of esters is 1. The van der Waals surface area contributed by atoms with Gasteiger partial charge in [0.15, 0.2) is 6.61 Å². The number of amides is 1. The van der Waals surface area contributed by atoms with Gasteiger partial charge in [-0.2, -0.15) is 0 Å². The first kappa shape index (κ1) is 20.6. The van der Waals surface area contributed by atoms with Crippen LogP contribution in [0.5, 0.6) is 0 Å². The van der Waals surface area contributed by atoms with Crippen molar-refractivity contribution in [2.45, 2.75) is 39.0 Å². The molecule has 30 heavy (non-hydrogen) atoms. The molecule has 2 fully saturated rings. The lowest BCUT2D eigenvalue weighted by atomic mass is 9.82. The minimum Gasteiger partial charge on any atom is -0.457 e. The van der Waals surface area contributed by atoms with Crippen LogP contribution >= 0.6 is 0 Å². The zero-order chi connectivity index (χ0) is 21.1. The Labute approximate surface area is 175 Å². The number of fused-ring (bicyclic) bond motifs is 1. The molecular weight excluding hydrogens is 384 g/mol. The lowest BCUT2D eigenvalue weighted by molar-refractivity contribution is -0.159. The summed E-state index contributed by atoms with van der Waals surface area (Å²) in [6.45, 7) is 3.71. The third-order valence-electron chi connectivity index (χ3n) is 6.35. The monoisotopic (exact) mass is 412 g/mol. The normalized spacial score (nSPS) is 18.5. The van der Waals surface area contributed by atoms with Gasteiger partial charge in [-0.25, -0.2) is 0 Å². The zero-order valence-electron chi connectivity index (χ0n) is 17.4. The Kier molecular flexibility index (Phi) is 5.90. The van der Waals surface area contributed by atoms with Crippen LogP contribution in [-0.4, -0.2) is 60.5 Å². The summed E-state index contributed by atoms with van der Waals surface area (Å²) in [6, 6.07) is 7.58. The van der Waals surface area contributed by atoms with Crippen LogP contribution < -0.4 is 0 Å². The number of ketones is 1. The van der Waals surface area contributed by atoms with E-state index < -0.39 is 11.4 Å². The number of aromatic nitrogens is 1. The molecule has 0 unspecified atom stereocenters.